The molecular weight excluding hydrogens is 376 g/mol. The predicted octanol–water partition coefficient (Wildman–Crippen LogP) is 3.26. The smallest absolute Gasteiger partial charge is 0.253 e. The van der Waals surface area contributed by atoms with Crippen LogP contribution >= 0.6 is 0 Å². The van der Waals surface area contributed by atoms with E-state index in [2.05, 4.69) is 15.3 Å². The maximum atomic E-state index is 12.4. The summed E-state index contributed by atoms with van der Waals surface area (Å²) in [6.45, 7) is 5.21. The fourth-order valence-corrected chi connectivity index (χ4v) is 3.54. The Morgan fingerprint density at radius 1 is 1.04 bits per heavy atom. The van der Waals surface area contributed by atoms with E-state index in [0.29, 0.717) is 35.4 Å². The fraction of sp³-hybridized carbons (Fsp3) is 0.250. The van der Waals surface area contributed by atoms with Gasteiger partial charge >= 0.3 is 0 Å². The molecule has 0 radical (unpaired) electrons. The van der Waals surface area contributed by atoms with Gasteiger partial charge in [0.15, 0.2) is 9.84 Å². The van der Waals surface area contributed by atoms with Crippen molar-refractivity contribution in [3.63, 3.8) is 0 Å². The lowest BCUT2D eigenvalue weighted by Gasteiger charge is -2.18. The molecule has 1 aromatic heterocycles. The van der Waals surface area contributed by atoms with Gasteiger partial charge in [-0.3, -0.25) is 4.79 Å². The Hall–Kier alpha value is -3.00. The molecule has 1 heterocycles. The molecule has 28 heavy (non-hydrogen) atoms. The van der Waals surface area contributed by atoms with Crippen LogP contribution in [0, 0.1) is 0 Å². The van der Waals surface area contributed by atoms with E-state index in [9.17, 15) is 13.2 Å². The molecule has 0 aliphatic carbocycles. The monoisotopic (exact) mass is 398 g/mol. The molecule has 3 rings (SSSR count). The first-order valence-electron chi connectivity index (χ1n) is 8.94. The van der Waals surface area contributed by atoms with Crippen molar-refractivity contribution in [3.8, 4) is 0 Å². The van der Waals surface area contributed by atoms with Crippen LogP contribution in [0.15, 0.2) is 53.7 Å². The topological polar surface area (TPSA) is 92.3 Å². The number of sulfone groups is 1. The number of carbonyl (C=O) groups excluding carboxylic acids is 1. The molecular formula is C20H22N4O3S. The predicted molar refractivity (Wildman–Crippen MR) is 110 cm³/mol. The number of benzene rings is 2. The molecule has 0 bridgehead atoms. The Morgan fingerprint density at radius 2 is 1.71 bits per heavy atom. The van der Waals surface area contributed by atoms with Crippen molar-refractivity contribution in [2.24, 2.45) is 0 Å². The quantitative estimate of drug-likeness (QED) is 0.685. The zero-order valence-corrected chi connectivity index (χ0v) is 16.8. The van der Waals surface area contributed by atoms with E-state index >= 15 is 0 Å². The summed E-state index contributed by atoms with van der Waals surface area (Å²) < 4.78 is 23.7. The van der Waals surface area contributed by atoms with Gasteiger partial charge in [0.25, 0.3) is 5.91 Å². The van der Waals surface area contributed by atoms with Gasteiger partial charge in [0.2, 0.25) is 0 Å². The normalized spacial score (nSPS) is 11.4. The number of anilines is 2. The molecule has 146 valence electrons. The molecule has 7 nitrogen and oxygen atoms in total. The maximum Gasteiger partial charge on any atom is 0.253 e. The highest BCUT2D eigenvalue weighted by atomic mass is 32.2. The van der Waals surface area contributed by atoms with Gasteiger partial charge in [-0.15, -0.1) is 0 Å². The number of hydrogen-bond donors (Lipinski definition) is 1. The van der Waals surface area contributed by atoms with Crippen molar-refractivity contribution in [2.75, 3.05) is 24.7 Å². The summed E-state index contributed by atoms with van der Waals surface area (Å²) in [5.74, 6) is 0.486. The minimum atomic E-state index is -3.34. The van der Waals surface area contributed by atoms with E-state index in [4.69, 9.17) is 0 Å². The van der Waals surface area contributed by atoms with Crippen LogP contribution in [0.25, 0.3) is 10.9 Å². The van der Waals surface area contributed by atoms with E-state index < -0.39 is 9.84 Å². The molecule has 0 saturated carbocycles. The first kappa shape index (κ1) is 19.8. The van der Waals surface area contributed by atoms with Crippen LogP contribution < -0.4 is 5.32 Å². The molecule has 0 atom stereocenters. The number of nitrogens with one attached hydrogen (secondary N) is 1. The lowest BCUT2D eigenvalue weighted by atomic mass is 10.1. The highest BCUT2D eigenvalue weighted by Gasteiger charge is 2.13. The summed E-state index contributed by atoms with van der Waals surface area (Å²) in [6.07, 6.45) is 2.58. The van der Waals surface area contributed by atoms with Gasteiger partial charge in [-0.2, -0.15) is 0 Å². The van der Waals surface area contributed by atoms with Crippen molar-refractivity contribution in [2.45, 2.75) is 18.7 Å². The first-order chi connectivity index (χ1) is 13.3. The summed E-state index contributed by atoms with van der Waals surface area (Å²) >= 11 is 0. The average molecular weight is 398 g/mol. The summed E-state index contributed by atoms with van der Waals surface area (Å²) in [5.41, 5.74) is 1.99. The van der Waals surface area contributed by atoms with Crippen molar-refractivity contribution < 1.29 is 13.2 Å². The minimum Gasteiger partial charge on any atom is -0.340 e. The summed E-state index contributed by atoms with van der Waals surface area (Å²) in [7, 11) is -3.34. The van der Waals surface area contributed by atoms with Crippen molar-refractivity contribution in [1.29, 1.82) is 0 Å². The number of aromatic nitrogens is 2. The molecule has 0 unspecified atom stereocenters. The van der Waals surface area contributed by atoms with Crippen LogP contribution in [0.4, 0.5) is 11.5 Å². The van der Waals surface area contributed by atoms with Crippen LogP contribution in [0.3, 0.4) is 0 Å². The molecule has 0 aliphatic heterocycles. The minimum absolute atomic E-state index is 0.0122. The second-order valence-electron chi connectivity index (χ2n) is 6.35. The number of fused-ring (bicyclic) bond motifs is 1. The van der Waals surface area contributed by atoms with Crippen molar-refractivity contribution in [3.05, 3.63) is 54.4 Å². The largest absolute Gasteiger partial charge is 0.340 e. The molecule has 1 amide bonds. The van der Waals surface area contributed by atoms with E-state index in [-0.39, 0.29) is 10.8 Å². The highest BCUT2D eigenvalue weighted by molar-refractivity contribution is 7.90. The van der Waals surface area contributed by atoms with E-state index in [0.717, 1.165) is 11.9 Å². The van der Waals surface area contributed by atoms with Crippen LogP contribution in [0.5, 0.6) is 0 Å². The zero-order valence-electron chi connectivity index (χ0n) is 16.0. The molecule has 2 aromatic carbocycles. The molecule has 0 saturated heterocycles. The van der Waals surface area contributed by atoms with Crippen LogP contribution in [0.1, 0.15) is 24.2 Å². The van der Waals surface area contributed by atoms with Crippen molar-refractivity contribution >= 4 is 38.2 Å². The number of carbonyl (C=O) groups is 1. The second-order valence-corrected chi connectivity index (χ2v) is 8.37. The van der Waals surface area contributed by atoms with Gasteiger partial charge < -0.3 is 10.2 Å². The molecule has 0 aliphatic rings. The Kier molecular flexibility index (Phi) is 5.60. The molecule has 0 fully saturated rings. The summed E-state index contributed by atoms with van der Waals surface area (Å²) in [4.78, 5) is 22.8. The third-order valence-corrected chi connectivity index (χ3v) is 5.59. The van der Waals surface area contributed by atoms with Gasteiger partial charge in [0, 0.05) is 36.0 Å². The van der Waals surface area contributed by atoms with E-state index in [1.807, 2.05) is 13.8 Å². The Bertz CT molecular complexity index is 1110. The fourth-order valence-electron chi connectivity index (χ4n) is 2.89. The van der Waals surface area contributed by atoms with Gasteiger partial charge in [-0.1, -0.05) is 0 Å². The lowest BCUT2D eigenvalue weighted by molar-refractivity contribution is 0.0773. The lowest BCUT2D eigenvalue weighted by Crippen LogP contribution is -2.30. The standard InChI is InChI=1S/C20H22N4O3S/c1-4-24(5-2)20(25)14-6-8-15(9-7-14)23-19-17-12-16(28(3,26)27)10-11-18(17)21-13-22-19/h6-13H,4-5H2,1-3H3,(H,21,22,23). The molecule has 0 spiro atoms. The van der Waals surface area contributed by atoms with Gasteiger partial charge in [-0.05, 0) is 56.3 Å². The highest BCUT2D eigenvalue weighted by Crippen LogP contribution is 2.26. The van der Waals surface area contributed by atoms with Gasteiger partial charge in [-0.25, -0.2) is 18.4 Å². The van der Waals surface area contributed by atoms with Gasteiger partial charge in [0.1, 0.15) is 12.1 Å². The zero-order chi connectivity index (χ0) is 20.3. The molecule has 3 aromatic rings. The third-order valence-electron chi connectivity index (χ3n) is 4.48. The summed E-state index contributed by atoms with van der Waals surface area (Å²) in [5, 5.41) is 3.78. The first-order valence-corrected chi connectivity index (χ1v) is 10.8. The summed E-state index contributed by atoms with van der Waals surface area (Å²) in [6, 6.07) is 11.9. The van der Waals surface area contributed by atoms with E-state index in [1.165, 1.54) is 12.4 Å². The SMILES string of the molecule is CCN(CC)C(=O)c1ccc(Nc2ncnc3ccc(S(C)(=O)=O)cc23)cc1. The maximum absolute atomic E-state index is 12.4. The number of hydrogen-bond acceptors (Lipinski definition) is 6. The number of nitrogens with zero attached hydrogens (tertiary/aromatic N) is 3. The van der Waals surface area contributed by atoms with Gasteiger partial charge in [0.05, 0.1) is 10.4 Å². The Labute approximate surface area is 164 Å². The molecule has 1 N–H and O–H groups in total. The Balaban J connectivity index is 1.91. The van der Waals surface area contributed by atoms with Crippen LogP contribution in [-0.4, -0.2) is 48.5 Å². The molecule has 8 heteroatoms. The number of rotatable bonds is 6. The van der Waals surface area contributed by atoms with Crippen molar-refractivity contribution in [1.82, 2.24) is 14.9 Å². The van der Waals surface area contributed by atoms with Crippen LogP contribution in [-0.2, 0) is 9.84 Å². The third kappa shape index (κ3) is 4.12. The van der Waals surface area contributed by atoms with E-state index in [1.54, 1.807) is 41.3 Å². The second kappa shape index (κ2) is 7.93. The van der Waals surface area contributed by atoms with Crippen LogP contribution in [0.2, 0.25) is 0 Å². The average Bonchev–Trinajstić information content (AvgIpc) is 2.68. The Morgan fingerprint density at radius 3 is 2.32 bits per heavy atom. The number of amides is 1.